The van der Waals surface area contributed by atoms with Crippen molar-refractivity contribution in [3.63, 3.8) is 0 Å². The third-order valence-corrected chi connectivity index (χ3v) is 5.49. The van der Waals surface area contributed by atoms with Gasteiger partial charge in [0.1, 0.15) is 5.69 Å². The van der Waals surface area contributed by atoms with Crippen LogP contribution in [0.1, 0.15) is 40.3 Å². The molecule has 0 radical (unpaired) electrons. The van der Waals surface area contributed by atoms with Crippen LogP contribution in [0.4, 0.5) is 14.6 Å². The van der Waals surface area contributed by atoms with Gasteiger partial charge in [-0.1, -0.05) is 6.07 Å². The van der Waals surface area contributed by atoms with E-state index in [0.717, 1.165) is 30.5 Å². The van der Waals surface area contributed by atoms with Crippen molar-refractivity contribution in [3.05, 3.63) is 65.2 Å². The Bertz CT molecular complexity index is 1320. The van der Waals surface area contributed by atoms with Crippen molar-refractivity contribution in [1.82, 2.24) is 29.9 Å². The van der Waals surface area contributed by atoms with E-state index in [1.54, 1.807) is 18.3 Å². The van der Waals surface area contributed by atoms with E-state index in [0.29, 0.717) is 33.9 Å². The number of fused-ring (bicyclic) bond motifs is 2. The lowest BCUT2D eigenvalue weighted by molar-refractivity contribution is 0.0962. The Morgan fingerprint density at radius 3 is 2.78 bits per heavy atom. The highest BCUT2D eigenvalue weighted by Gasteiger charge is 2.21. The smallest absolute Gasteiger partial charge is 0.295 e. The summed E-state index contributed by atoms with van der Waals surface area (Å²) in [6, 6.07) is 10.2. The molecule has 0 spiro atoms. The number of anilines is 1. The van der Waals surface area contributed by atoms with E-state index < -0.39 is 12.3 Å². The molecule has 0 fully saturated rings. The first-order chi connectivity index (χ1) is 15.5. The highest BCUT2D eigenvalue weighted by atomic mass is 19.3. The molecule has 1 amide bonds. The zero-order valence-electron chi connectivity index (χ0n) is 17.1. The number of imidazole rings is 1. The van der Waals surface area contributed by atoms with Gasteiger partial charge in [0.05, 0.1) is 11.0 Å². The fourth-order valence-corrected chi connectivity index (χ4v) is 3.89. The van der Waals surface area contributed by atoms with Crippen molar-refractivity contribution in [3.8, 4) is 11.5 Å². The molecule has 3 aromatic heterocycles. The Balaban J connectivity index is 1.40. The van der Waals surface area contributed by atoms with Crippen LogP contribution < -0.4 is 10.9 Å². The molecule has 4 aromatic rings. The zero-order chi connectivity index (χ0) is 22.2. The maximum atomic E-state index is 13.1. The molecule has 0 aliphatic heterocycles. The van der Waals surface area contributed by atoms with Gasteiger partial charge in [0, 0.05) is 30.1 Å². The van der Waals surface area contributed by atoms with Crippen LogP contribution in [0.25, 0.3) is 22.6 Å². The number of alkyl halides is 2. The molecule has 8 nitrogen and oxygen atoms in total. The molecular formula is C22H19F2N7O. The summed E-state index contributed by atoms with van der Waals surface area (Å²) in [6.07, 6.45) is 1.59. The summed E-state index contributed by atoms with van der Waals surface area (Å²) in [4.78, 5) is 30.2. The molecule has 0 bridgehead atoms. The summed E-state index contributed by atoms with van der Waals surface area (Å²) in [7, 11) is 1.52. The molecule has 10 heteroatoms. The number of amides is 1. The van der Waals surface area contributed by atoms with Gasteiger partial charge in [0.15, 0.2) is 17.5 Å². The van der Waals surface area contributed by atoms with Gasteiger partial charge in [-0.2, -0.15) is 0 Å². The minimum absolute atomic E-state index is 0.291. The number of nitrogens with one attached hydrogen (secondary N) is 2. The van der Waals surface area contributed by atoms with Crippen LogP contribution in [0.3, 0.4) is 0 Å². The molecule has 3 heterocycles. The van der Waals surface area contributed by atoms with E-state index >= 15 is 0 Å². The Morgan fingerprint density at radius 2 is 2.00 bits per heavy atom. The normalized spacial score (nSPS) is 12.9. The number of nitrogens with zero attached hydrogens (tertiary/aromatic N) is 5. The van der Waals surface area contributed by atoms with E-state index in [-0.39, 0.29) is 5.82 Å². The summed E-state index contributed by atoms with van der Waals surface area (Å²) < 4.78 is 27.5. The van der Waals surface area contributed by atoms with Crippen molar-refractivity contribution < 1.29 is 13.6 Å². The van der Waals surface area contributed by atoms with Gasteiger partial charge in [-0.3, -0.25) is 20.6 Å². The van der Waals surface area contributed by atoms with Crippen LogP contribution in [0.15, 0.2) is 42.6 Å². The highest BCUT2D eigenvalue weighted by Crippen LogP contribution is 2.28. The minimum atomic E-state index is -2.69. The lowest BCUT2D eigenvalue weighted by atomic mass is 10.2. The number of aryl methyl sites for hydroxylation is 2. The molecular weight excluding hydrogens is 416 g/mol. The lowest BCUT2D eigenvalue weighted by Crippen LogP contribution is -2.30. The maximum Gasteiger partial charge on any atom is 0.295 e. The Kier molecular flexibility index (Phi) is 4.96. The van der Waals surface area contributed by atoms with Gasteiger partial charge in [-0.15, -0.1) is 0 Å². The number of benzene rings is 1. The van der Waals surface area contributed by atoms with Crippen LogP contribution in [-0.2, 0) is 19.9 Å². The van der Waals surface area contributed by atoms with E-state index in [1.165, 1.54) is 17.7 Å². The van der Waals surface area contributed by atoms with Crippen molar-refractivity contribution >= 4 is 22.8 Å². The van der Waals surface area contributed by atoms with Gasteiger partial charge in [0.25, 0.3) is 12.3 Å². The van der Waals surface area contributed by atoms with Crippen LogP contribution in [0.5, 0.6) is 0 Å². The predicted molar refractivity (Wildman–Crippen MR) is 114 cm³/mol. The maximum absolute atomic E-state index is 13.1. The molecule has 5 rings (SSSR count). The van der Waals surface area contributed by atoms with Crippen molar-refractivity contribution in [2.75, 3.05) is 5.43 Å². The average Bonchev–Trinajstić information content (AvgIpc) is 3.42. The average molecular weight is 435 g/mol. The molecule has 1 aliphatic rings. The number of halogens is 2. The Morgan fingerprint density at radius 1 is 1.12 bits per heavy atom. The second kappa shape index (κ2) is 7.95. The number of hydrogen-bond acceptors (Lipinski definition) is 6. The van der Waals surface area contributed by atoms with Crippen molar-refractivity contribution in [1.29, 1.82) is 0 Å². The molecule has 0 unspecified atom stereocenters. The Hall–Kier alpha value is -3.95. The monoisotopic (exact) mass is 435 g/mol. The number of carbonyl (C=O) groups excluding carboxylic acids is 1. The SMILES string of the molecule is Cn1c(C(F)F)nc2cc(C(=O)NNc3nc(-c4ccccn4)nc4c3CCC4)ccc21. The number of hydrazine groups is 1. The Labute approximate surface area is 181 Å². The number of aromatic nitrogens is 5. The van der Waals surface area contributed by atoms with Gasteiger partial charge >= 0.3 is 0 Å². The number of pyridine rings is 1. The van der Waals surface area contributed by atoms with E-state index in [4.69, 9.17) is 0 Å². The van der Waals surface area contributed by atoms with Crippen LogP contribution in [0, 0.1) is 0 Å². The summed E-state index contributed by atoms with van der Waals surface area (Å²) in [5.74, 6) is 0.244. The topological polar surface area (TPSA) is 97.6 Å². The summed E-state index contributed by atoms with van der Waals surface area (Å²) in [5, 5.41) is 0. The van der Waals surface area contributed by atoms with Gasteiger partial charge < -0.3 is 4.57 Å². The molecule has 0 atom stereocenters. The minimum Gasteiger partial charge on any atom is -0.326 e. The first kappa shape index (κ1) is 20.0. The molecule has 0 saturated heterocycles. The summed E-state index contributed by atoms with van der Waals surface area (Å²) in [5.41, 5.74) is 9.26. The largest absolute Gasteiger partial charge is 0.326 e. The predicted octanol–water partition coefficient (Wildman–Crippen LogP) is 3.61. The van der Waals surface area contributed by atoms with Crippen molar-refractivity contribution in [2.24, 2.45) is 7.05 Å². The van der Waals surface area contributed by atoms with E-state index in [2.05, 4.69) is 30.8 Å². The fraction of sp³-hybridized carbons (Fsp3) is 0.227. The third-order valence-electron chi connectivity index (χ3n) is 5.49. The lowest BCUT2D eigenvalue weighted by Gasteiger charge is -2.13. The van der Waals surface area contributed by atoms with Gasteiger partial charge in [-0.05, 0) is 49.6 Å². The molecule has 1 aromatic carbocycles. The second-order valence-corrected chi connectivity index (χ2v) is 7.50. The van der Waals surface area contributed by atoms with Gasteiger partial charge in [-0.25, -0.2) is 23.7 Å². The standard InChI is InChI=1S/C22H19F2N7O/c1-31-17-9-8-12(11-16(17)27-21(31)18(23)24)22(32)30-29-19-13-5-4-7-14(13)26-20(28-19)15-6-2-3-10-25-15/h2-3,6,8-11,18H,4-5,7H2,1H3,(H,30,32)(H,26,28,29). The van der Waals surface area contributed by atoms with E-state index in [1.807, 2.05) is 18.2 Å². The summed E-state index contributed by atoms with van der Waals surface area (Å²) in [6.45, 7) is 0. The van der Waals surface area contributed by atoms with Crippen LogP contribution in [-0.4, -0.2) is 30.4 Å². The molecule has 1 aliphatic carbocycles. The number of hydrogen-bond donors (Lipinski definition) is 2. The first-order valence-corrected chi connectivity index (χ1v) is 10.1. The fourth-order valence-electron chi connectivity index (χ4n) is 3.89. The molecule has 0 saturated carbocycles. The van der Waals surface area contributed by atoms with Crippen molar-refractivity contribution in [2.45, 2.75) is 25.7 Å². The molecule has 32 heavy (non-hydrogen) atoms. The summed E-state index contributed by atoms with van der Waals surface area (Å²) >= 11 is 0. The quantitative estimate of drug-likeness (QED) is 0.465. The third kappa shape index (κ3) is 3.53. The zero-order valence-corrected chi connectivity index (χ0v) is 17.1. The van der Waals surface area contributed by atoms with E-state index in [9.17, 15) is 13.6 Å². The van der Waals surface area contributed by atoms with Crippen LogP contribution >= 0.6 is 0 Å². The highest BCUT2D eigenvalue weighted by molar-refractivity contribution is 5.98. The first-order valence-electron chi connectivity index (χ1n) is 10.1. The number of rotatable bonds is 5. The van der Waals surface area contributed by atoms with Crippen LogP contribution in [0.2, 0.25) is 0 Å². The molecule has 162 valence electrons. The van der Waals surface area contributed by atoms with Gasteiger partial charge in [0.2, 0.25) is 0 Å². The number of carbonyl (C=O) groups is 1. The second-order valence-electron chi connectivity index (χ2n) is 7.50. The molecule has 2 N–H and O–H groups in total.